The summed E-state index contributed by atoms with van der Waals surface area (Å²) >= 11 is 0. The lowest BCUT2D eigenvalue weighted by Gasteiger charge is -2.25. The molecule has 4 aromatic rings. The van der Waals surface area contributed by atoms with Crippen LogP contribution in [0.5, 0.6) is 11.5 Å². The van der Waals surface area contributed by atoms with Crippen LogP contribution < -0.4 is 15.0 Å². The highest BCUT2D eigenvalue weighted by Gasteiger charge is 2.23. The summed E-state index contributed by atoms with van der Waals surface area (Å²) < 4.78 is 8.59. The molecule has 4 aromatic carbocycles. The maximum Gasteiger partial charge on any atom is 0.199 e. The Morgan fingerprint density at radius 1 is 0.757 bits per heavy atom. The van der Waals surface area contributed by atoms with Gasteiger partial charge in [-0.3, -0.25) is 0 Å². The van der Waals surface area contributed by atoms with Gasteiger partial charge in [0, 0.05) is 37.3 Å². The molecule has 0 saturated carbocycles. The second-order valence-electron chi connectivity index (χ2n) is 9.82. The molecule has 0 atom stereocenters. The molecule has 2 aliphatic rings. The maximum atomic E-state index is 6.46. The Morgan fingerprint density at radius 2 is 1.43 bits per heavy atom. The lowest BCUT2D eigenvalue weighted by atomic mass is 9.87. The highest BCUT2D eigenvalue weighted by Crippen LogP contribution is 2.48. The first-order chi connectivity index (χ1) is 18.0. The van der Waals surface area contributed by atoms with Gasteiger partial charge in [0.2, 0.25) is 0 Å². The molecule has 1 N–H and O–H groups in total. The quantitative estimate of drug-likeness (QED) is 0.271. The van der Waals surface area contributed by atoms with Crippen molar-refractivity contribution in [1.29, 1.82) is 0 Å². The first kappa shape index (κ1) is 22.9. The van der Waals surface area contributed by atoms with Gasteiger partial charge in [0.25, 0.3) is 0 Å². The summed E-state index contributed by atoms with van der Waals surface area (Å²) in [4.78, 5) is 2.13. The maximum absolute atomic E-state index is 6.46. The molecule has 0 radical (unpaired) electrons. The third kappa shape index (κ3) is 4.11. The monoisotopic (exact) mass is 484 g/mol. The standard InChI is InChI=1S/C33H29N3O/c1-35(2)24-17-13-22(14-18-24)32(23-15-19-25(20-16-23)36(3)4)28-21-31-33(27-10-6-5-9-26(27)28)34-29-11-7-8-12-30(29)37-31/h5-21H,1-4H3/p+1. The van der Waals surface area contributed by atoms with Crippen molar-refractivity contribution < 1.29 is 9.31 Å². The Labute approximate surface area is 218 Å². The van der Waals surface area contributed by atoms with E-state index in [4.69, 9.17) is 4.74 Å². The Kier molecular flexibility index (Phi) is 5.65. The average Bonchev–Trinajstić information content (AvgIpc) is 2.93. The van der Waals surface area contributed by atoms with Crippen molar-refractivity contribution >= 4 is 39.1 Å². The van der Waals surface area contributed by atoms with E-state index in [9.17, 15) is 0 Å². The van der Waals surface area contributed by atoms with Gasteiger partial charge in [0.05, 0.1) is 11.4 Å². The van der Waals surface area contributed by atoms with E-state index >= 15 is 0 Å². The molecule has 0 amide bonds. The van der Waals surface area contributed by atoms with Crippen LogP contribution in [-0.2, 0) is 0 Å². The smallest absolute Gasteiger partial charge is 0.199 e. The first-order valence-electron chi connectivity index (χ1n) is 12.5. The van der Waals surface area contributed by atoms with E-state index in [-0.39, 0.29) is 0 Å². The van der Waals surface area contributed by atoms with E-state index in [0.717, 1.165) is 45.0 Å². The lowest BCUT2D eigenvalue weighted by molar-refractivity contribution is -0.462. The van der Waals surface area contributed by atoms with Crippen LogP contribution in [0.25, 0.3) is 16.3 Å². The number of nitrogens with zero attached hydrogens (tertiary/aromatic N) is 2. The molecular weight excluding hydrogens is 454 g/mol. The molecule has 6 rings (SSSR count). The fourth-order valence-electron chi connectivity index (χ4n) is 5.01. The number of benzene rings is 4. The van der Waals surface area contributed by atoms with Gasteiger partial charge in [0.15, 0.2) is 17.2 Å². The minimum Gasteiger partial charge on any atom is -0.453 e. The van der Waals surface area contributed by atoms with E-state index < -0.39 is 0 Å². The third-order valence-electron chi connectivity index (χ3n) is 6.99. The first-order valence-corrected chi connectivity index (χ1v) is 12.5. The highest BCUT2D eigenvalue weighted by atomic mass is 16.5. The Morgan fingerprint density at radius 3 is 2.14 bits per heavy atom. The van der Waals surface area contributed by atoms with Crippen LogP contribution in [0.4, 0.5) is 17.1 Å². The van der Waals surface area contributed by atoms with E-state index in [0.29, 0.717) is 0 Å². The number of hydrogen-bond donors (Lipinski definition) is 1. The van der Waals surface area contributed by atoms with Gasteiger partial charge in [-0.1, -0.05) is 48.5 Å². The number of allylic oxidation sites excluding steroid dienone is 5. The molecular formula is C33H30N3O+. The molecule has 182 valence electrons. The molecule has 0 saturated heterocycles. The number of ether oxygens (including phenoxy) is 1. The van der Waals surface area contributed by atoms with Crippen LogP contribution in [0, 0.1) is 0 Å². The average molecular weight is 485 g/mol. The fourth-order valence-corrected chi connectivity index (χ4v) is 5.01. The Hall–Kier alpha value is -4.57. The zero-order valence-corrected chi connectivity index (χ0v) is 21.6. The summed E-state index contributed by atoms with van der Waals surface area (Å²) in [6, 6.07) is 27.6. The second kappa shape index (κ2) is 9.14. The summed E-state index contributed by atoms with van der Waals surface area (Å²) in [6.07, 6.45) is 8.79. The molecule has 4 heteroatoms. The molecule has 0 bridgehead atoms. The number of nitrogens with one attached hydrogen (secondary N) is 1. The summed E-state index contributed by atoms with van der Waals surface area (Å²) in [6.45, 7) is 0. The van der Waals surface area contributed by atoms with Crippen molar-refractivity contribution in [3.05, 3.63) is 120 Å². The lowest BCUT2D eigenvalue weighted by Crippen LogP contribution is -2.10. The molecule has 0 unspecified atom stereocenters. The SMILES string of the molecule is CN(C)c1ccc(C(=C2C=CC(=[N+](C)C)C=C2)c2cc3c(c4ccccc24)Nc2ccccc2O3)cc1. The number of para-hydroxylation sites is 2. The van der Waals surface area contributed by atoms with E-state index in [2.05, 4.69) is 128 Å². The van der Waals surface area contributed by atoms with Crippen LogP contribution in [0.15, 0.2) is 109 Å². The normalized spacial score (nSPS) is 13.5. The van der Waals surface area contributed by atoms with E-state index in [1.54, 1.807) is 0 Å². The zero-order chi connectivity index (χ0) is 25.5. The summed E-state index contributed by atoms with van der Waals surface area (Å²) in [7, 11) is 8.27. The van der Waals surface area contributed by atoms with Crippen LogP contribution in [0.3, 0.4) is 0 Å². The number of anilines is 3. The molecule has 0 spiro atoms. The van der Waals surface area contributed by atoms with Crippen LogP contribution in [-0.4, -0.2) is 38.5 Å². The van der Waals surface area contributed by atoms with Gasteiger partial charge in [0.1, 0.15) is 14.1 Å². The van der Waals surface area contributed by atoms with Crippen molar-refractivity contribution in [2.45, 2.75) is 0 Å². The van der Waals surface area contributed by atoms with Gasteiger partial charge >= 0.3 is 0 Å². The topological polar surface area (TPSA) is 27.5 Å². The second-order valence-corrected chi connectivity index (χ2v) is 9.82. The minimum atomic E-state index is 0.833. The predicted octanol–water partition coefficient (Wildman–Crippen LogP) is 7.40. The molecule has 1 aliphatic heterocycles. The molecule has 37 heavy (non-hydrogen) atoms. The van der Waals surface area contributed by atoms with Crippen molar-refractivity contribution in [3.63, 3.8) is 0 Å². The Balaban J connectivity index is 1.61. The predicted molar refractivity (Wildman–Crippen MR) is 156 cm³/mol. The van der Waals surface area contributed by atoms with E-state index in [1.807, 2.05) is 18.2 Å². The minimum absolute atomic E-state index is 0.833. The van der Waals surface area contributed by atoms with Gasteiger partial charge in [-0.2, -0.15) is 0 Å². The van der Waals surface area contributed by atoms with Crippen LogP contribution in [0.2, 0.25) is 0 Å². The molecule has 0 fully saturated rings. The van der Waals surface area contributed by atoms with Crippen molar-refractivity contribution in [3.8, 4) is 11.5 Å². The molecule has 0 aromatic heterocycles. The van der Waals surface area contributed by atoms with Gasteiger partial charge < -0.3 is 15.0 Å². The van der Waals surface area contributed by atoms with Crippen molar-refractivity contribution in [1.82, 2.24) is 0 Å². The summed E-state index contributed by atoms with van der Waals surface area (Å²) in [5, 5.41) is 5.94. The molecule has 4 nitrogen and oxygen atoms in total. The van der Waals surface area contributed by atoms with Crippen LogP contribution in [0.1, 0.15) is 11.1 Å². The number of fused-ring (bicyclic) bond motifs is 4. The van der Waals surface area contributed by atoms with Crippen molar-refractivity contribution in [2.24, 2.45) is 0 Å². The molecule has 1 aliphatic carbocycles. The van der Waals surface area contributed by atoms with Gasteiger partial charge in [-0.25, -0.2) is 4.58 Å². The highest BCUT2D eigenvalue weighted by molar-refractivity contribution is 6.09. The summed E-state index contributed by atoms with van der Waals surface area (Å²) in [5.74, 6) is 1.67. The van der Waals surface area contributed by atoms with Gasteiger partial charge in [-0.15, -0.1) is 0 Å². The number of hydrogen-bond acceptors (Lipinski definition) is 3. The van der Waals surface area contributed by atoms with E-state index in [1.165, 1.54) is 22.4 Å². The Bertz CT molecular complexity index is 1630. The van der Waals surface area contributed by atoms with Crippen LogP contribution >= 0.6 is 0 Å². The molecule has 1 heterocycles. The third-order valence-corrected chi connectivity index (χ3v) is 6.99. The summed E-state index contributed by atoms with van der Waals surface area (Å²) in [5.41, 5.74) is 8.98. The largest absolute Gasteiger partial charge is 0.453 e. The van der Waals surface area contributed by atoms with Gasteiger partial charge in [-0.05, 0) is 70.1 Å². The fraction of sp³-hybridized carbons (Fsp3) is 0.121. The number of rotatable bonds is 3. The van der Waals surface area contributed by atoms with Crippen molar-refractivity contribution in [2.75, 3.05) is 38.4 Å². The zero-order valence-electron chi connectivity index (χ0n) is 21.6.